The van der Waals surface area contributed by atoms with Gasteiger partial charge in [0.05, 0.1) is 16.8 Å². The summed E-state index contributed by atoms with van der Waals surface area (Å²) in [4.78, 5) is 21.9. The number of aromatic nitrogens is 2. The fraction of sp³-hybridized carbons (Fsp3) is 0.318. The van der Waals surface area contributed by atoms with Gasteiger partial charge in [0.1, 0.15) is 0 Å². The molecule has 1 amide bonds. The molecule has 2 heterocycles. The molecule has 0 bridgehead atoms. The van der Waals surface area contributed by atoms with Crippen LogP contribution in [0.25, 0.3) is 22.2 Å². The highest BCUT2D eigenvalue weighted by Gasteiger charge is 2.42. The van der Waals surface area contributed by atoms with Gasteiger partial charge >= 0.3 is 0 Å². The van der Waals surface area contributed by atoms with Crippen LogP contribution in [0.1, 0.15) is 36.0 Å². The Morgan fingerprint density at radius 1 is 1.00 bits per heavy atom. The number of hydrogen-bond acceptors (Lipinski definition) is 3. The number of rotatable bonds is 3. The average molecular weight is 343 g/mol. The van der Waals surface area contributed by atoms with Gasteiger partial charge in [-0.2, -0.15) is 0 Å². The van der Waals surface area contributed by atoms with Gasteiger partial charge in [-0.3, -0.25) is 9.78 Å². The molecule has 2 aliphatic carbocycles. The summed E-state index contributed by atoms with van der Waals surface area (Å²) in [6.07, 6.45) is 8.36. The lowest BCUT2D eigenvalue weighted by Crippen LogP contribution is -2.37. The van der Waals surface area contributed by atoms with E-state index in [9.17, 15) is 4.79 Å². The molecule has 5 rings (SSSR count). The van der Waals surface area contributed by atoms with Crippen LogP contribution in [-0.2, 0) is 0 Å². The van der Waals surface area contributed by atoms with Crippen LogP contribution in [0.2, 0.25) is 0 Å². The average Bonchev–Trinajstić information content (AvgIpc) is 3.46. The Kier molecular flexibility index (Phi) is 3.70. The van der Waals surface area contributed by atoms with Crippen LogP contribution in [0.15, 0.2) is 54.9 Å². The Balaban J connectivity index is 1.51. The smallest absolute Gasteiger partial charge is 0.252 e. The molecule has 26 heavy (non-hydrogen) atoms. The molecule has 2 saturated carbocycles. The third kappa shape index (κ3) is 2.85. The molecule has 2 aliphatic rings. The van der Waals surface area contributed by atoms with Crippen LogP contribution in [0.5, 0.6) is 0 Å². The van der Waals surface area contributed by atoms with Crippen molar-refractivity contribution < 1.29 is 4.79 Å². The number of benzene rings is 1. The zero-order valence-electron chi connectivity index (χ0n) is 14.6. The van der Waals surface area contributed by atoms with Crippen molar-refractivity contribution in [1.82, 2.24) is 15.3 Å². The Morgan fingerprint density at radius 2 is 1.85 bits per heavy atom. The highest BCUT2D eigenvalue weighted by molar-refractivity contribution is 6.07. The van der Waals surface area contributed by atoms with Crippen molar-refractivity contribution in [1.29, 1.82) is 0 Å². The molecule has 3 unspecified atom stereocenters. The minimum absolute atomic E-state index is 0.0167. The molecule has 0 saturated heterocycles. The molecule has 3 atom stereocenters. The van der Waals surface area contributed by atoms with Crippen LogP contribution >= 0.6 is 0 Å². The summed E-state index contributed by atoms with van der Waals surface area (Å²) < 4.78 is 0. The van der Waals surface area contributed by atoms with Crippen LogP contribution in [0.3, 0.4) is 0 Å². The minimum atomic E-state index is 0.0167. The van der Waals surface area contributed by atoms with Gasteiger partial charge in [-0.05, 0) is 61.8 Å². The van der Waals surface area contributed by atoms with Crippen LogP contribution in [0, 0.1) is 11.8 Å². The summed E-state index contributed by atoms with van der Waals surface area (Å²) in [7, 11) is 0. The fourth-order valence-corrected chi connectivity index (χ4v) is 4.28. The van der Waals surface area contributed by atoms with Crippen LogP contribution < -0.4 is 5.32 Å². The largest absolute Gasteiger partial charge is 0.349 e. The number of hydrogen-bond donors (Lipinski definition) is 1. The lowest BCUT2D eigenvalue weighted by atomic mass is 9.95. The summed E-state index contributed by atoms with van der Waals surface area (Å²) in [6, 6.07) is 13.9. The molecule has 0 radical (unpaired) electrons. The molecule has 1 aromatic carbocycles. The van der Waals surface area contributed by atoms with Gasteiger partial charge in [0.2, 0.25) is 0 Å². The highest BCUT2D eigenvalue weighted by Crippen LogP contribution is 2.49. The van der Waals surface area contributed by atoms with Gasteiger partial charge in [0.15, 0.2) is 0 Å². The Hall–Kier alpha value is -2.75. The van der Waals surface area contributed by atoms with E-state index in [1.807, 2.05) is 42.5 Å². The van der Waals surface area contributed by atoms with Gasteiger partial charge < -0.3 is 5.32 Å². The van der Waals surface area contributed by atoms with Gasteiger partial charge in [-0.25, -0.2) is 4.98 Å². The number of amides is 1. The number of fused-ring (bicyclic) bond motifs is 2. The zero-order chi connectivity index (χ0) is 17.5. The van der Waals surface area contributed by atoms with Crippen LogP contribution in [-0.4, -0.2) is 21.9 Å². The van der Waals surface area contributed by atoms with Gasteiger partial charge in [-0.15, -0.1) is 0 Å². The van der Waals surface area contributed by atoms with E-state index in [0.29, 0.717) is 11.6 Å². The normalized spacial score (nSPS) is 24.1. The highest BCUT2D eigenvalue weighted by atomic mass is 16.1. The first-order valence-electron chi connectivity index (χ1n) is 9.39. The molecule has 2 fully saturated rings. The van der Waals surface area contributed by atoms with Crippen molar-refractivity contribution in [3.05, 3.63) is 60.4 Å². The predicted molar refractivity (Wildman–Crippen MR) is 102 cm³/mol. The van der Waals surface area contributed by atoms with E-state index >= 15 is 0 Å². The van der Waals surface area contributed by atoms with Crippen LogP contribution in [0.4, 0.5) is 0 Å². The van der Waals surface area contributed by atoms with Crippen molar-refractivity contribution >= 4 is 16.8 Å². The van der Waals surface area contributed by atoms with Crippen molar-refractivity contribution in [2.45, 2.75) is 31.7 Å². The molecule has 2 aromatic heterocycles. The molecule has 4 heteroatoms. The maximum absolute atomic E-state index is 13.1. The second kappa shape index (κ2) is 6.20. The first-order chi connectivity index (χ1) is 12.8. The molecule has 0 spiro atoms. The summed E-state index contributed by atoms with van der Waals surface area (Å²) in [5, 5.41) is 4.19. The number of pyridine rings is 2. The van der Waals surface area contributed by atoms with Crippen molar-refractivity contribution in [2.24, 2.45) is 11.8 Å². The number of nitrogens with zero attached hydrogens (tertiary/aromatic N) is 2. The maximum Gasteiger partial charge on any atom is 0.252 e. The standard InChI is InChI=1S/C22H21N3O/c26-22(24-17-6-5-15-11-16(15)12-17)19-13-21(14-7-9-23-10-8-14)25-20-4-2-1-3-18(19)20/h1-4,7-10,13,15-17H,5-6,11-12H2,(H,24,26). The number of carbonyl (C=O) groups is 1. The fourth-order valence-electron chi connectivity index (χ4n) is 4.28. The van der Waals surface area contributed by atoms with Gasteiger partial charge in [0.25, 0.3) is 5.91 Å². The summed E-state index contributed by atoms with van der Waals surface area (Å²) in [5.41, 5.74) is 3.33. The quantitative estimate of drug-likeness (QED) is 0.775. The maximum atomic E-state index is 13.1. The van der Waals surface area contributed by atoms with Crippen molar-refractivity contribution in [3.8, 4) is 11.3 Å². The van der Waals surface area contributed by atoms with E-state index in [2.05, 4.69) is 10.3 Å². The van der Waals surface area contributed by atoms with E-state index in [1.165, 1.54) is 12.8 Å². The van der Waals surface area contributed by atoms with E-state index in [-0.39, 0.29) is 5.91 Å². The first-order valence-corrected chi connectivity index (χ1v) is 9.39. The molecular weight excluding hydrogens is 322 g/mol. The molecular formula is C22H21N3O. The molecule has 130 valence electrons. The Labute approximate surface area is 152 Å². The molecule has 4 nitrogen and oxygen atoms in total. The topological polar surface area (TPSA) is 54.9 Å². The molecule has 0 aliphatic heterocycles. The summed E-state index contributed by atoms with van der Waals surface area (Å²) in [5.74, 6) is 1.79. The van der Waals surface area contributed by atoms with E-state index in [4.69, 9.17) is 4.98 Å². The second-order valence-corrected chi connectivity index (χ2v) is 7.55. The number of para-hydroxylation sites is 1. The zero-order valence-corrected chi connectivity index (χ0v) is 14.6. The lowest BCUT2D eigenvalue weighted by Gasteiger charge is -2.23. The van der Waals surface area contributed by atoms with Crippen molar-refractivity contribution in [2.75, 3.05) is 0 Å². The third-order valence-electron chi connectivity index (χ3n) is 5.81. The summed E-state index contributed by atoms with van der Waals surface area (Å²) in [6.45, 7) is 0. The number of nitrogens with one attached hydrogen (secondary N) is 1. The first kappa shape index (κ1) is 15.5. The van der Waals surface area contributed by atoms with E-state index in [0.717, 1.165) is 46.8 Å². The van der Waals surface area contributed by atoms with E-state index in [1.54, 1.807) is 12.4 Å². The lowest BCUT2D eigenvalue weighted by molar-refractivity contribution is 0.0928. The number of carbonyl (C=O) groups excluding carboxylic acids is 1. The SMILES string of the molecule is O=C(NC1CCC2CC2C1)c1cc(-c2ccncc2)nc2ccccc12. The Morgan fingerprint density at radius 3 is 2.69 bits per heavy atom. The second-order valence-electron chi connectivity index (χ2n) is 7.55. The Bertz CT molecular complexity index is 970. The monoisotopic (exact) mass is 343 g/mol. The summed E-state index contributed by atoms with van der Waals surface area (Å²) >= 11 is 0. The predicted octanol–water partition coefficient (Wildman–Crippen LogP) is 4.22. The van der Waals surface area contributed by atoms with Gasteiger partial charge in [0, 0.05) is 29.4 Å². The van der Waals surface area contributed by atoms with Crippen molar-refractivity contribution in [3.63, 3.8) is 0 Å². The molecule has 1 N–H and O–H groups in total. The molecule has 3 aromatic rings. The van der Waals surface area contributed by atoms with Gasteiger partial charge in [-0.1, -0.05) is 18.2 Å². The third-order valence-corrected chi connectivity index (χ3v) is 5.81. The van der Waals surface area contributed by atoms with E-state index < -0.39 is 0 Å². The minimum Gasteiger partial charge on any atom is -0.349 e.